The van der Waals surface area contributed by atoms with E-state index in [2.05, 4.69) is 10.7 Å². The van der Waals surface area contributed by atoms with E-state index in [0.717, 1.165) is 5.56 Å². The molecule has 6 nitrogen and oxygen atoms in total. The molecule has 2 aromatic rings. The van der Waals surface area contributed by atoms with Crippen LogP contribution in [0.5, 0.6) is 0 Å². The molecule has 0 aliphatic carbocycles. The van der Waals surface area contributed by atoms with Crippen LogP contribution in [0.4, 0.5) is 8.78 Å². The van der Waals surface area contributed by atoms with Crippen LogP contribution >= 0.6 is 0 Å². The minimum Gasteiger partial charge on any atom is -0.352 e. The van der Waals surface area contributed by atoms with E-state index in [9.17, 15) is 18.4 Å². The Labute approximate surface area is 173 Å². The topological polar surface area (TPSA) is 64.7 Å². The molecule has 2 atom stereocenters. The Morgan fingerprint density at radius 2 is 1.90 bits per heavy atom. The van der Waals surface area contributed by atoms with Crippen molar-refractivity contribution in [3.05, 3.63) is 83.7 Å². The molecule has 2 heterocycles. The van der Waals surface area contributed by atoms with E-state index >= 15 is 0 Å². The third-order valence-corrected chi connectivity index (χ3v) is 5.31. The van der Waals surface area contributed by atoms with Crippen LogP contribution in [-0.4, -0.2) is 34.3 Å². The number of carbonyl (C=O) groups excluding carboxylic acids is 2. The van der Waals surface area contributed by atoms with Gasteiger partial charge in [0.25, 0.3) is 5.91 Å². The van der Waals surface area contributed by atoms with Gasteiger partial charge in [-0.2, -0.15) is 0 Å². The molecule has 2 amide bonds. The van der Waals surface area contributed by atoms with Crippen molar-refractivity contribution in [3.8, 4) is 0 Å². The largest absolute Gasteiger partial charge is 0.352 e. The summed E-state index contributed by atoms with van der Waals surface area (Å²) in [4.78, 5) is 26.5. The Balaban J connectivity index is 1.28. The van der Waals surface area contributed by atoms with E-state index in [-0.39, 0.29) is 55.0 Å². The maximum atomic E-state index is 13.2. The van der Waals surface area contributed by atoms with Gasteiger partial charge in [0, 0.05) is 31.9 Å². The SMILES string of the molecule is O=C(CCN1C=CN2NC(c3ccc(F)cc3)CC2C1=O)NCc1cccc(F)c1. The van der Waals surface area contributed by atoms with Crippen molar-refractivity contribution in [1.82, 2.24) is 20.7 Å². The molecule has 0 bridgehead atoms. The second kappa shape index (κ2) is 8.62. The van der Waals surface area contributed by atoms with Crippen LogP contribution in [-0.2, 0) is 16.1 Å². The van der Waals surface area contributed by atoms with Crippen molar-refractivity contribution in [3.63, 3.8) is 0 Å². The molecule has 0 aromatic heterocycles. The molecular weight excluding hydrogens is 390 g/mol. The van der Waals surface area contributed by atoms with Gasteiger partial charge in [-0.05, 0) is 41.8 Å². The molecule has 2 unspecified atom stereocenters. The van der Waals surface area contributed by atoms with Gasteiger partial charge in [0.1, 0.15) is 17.7 Å². The highest BCUT2D eigenvalue weighted by atomic mass is 19.1. The Morgan fingerprint density at radius 1 is 1.10 bits per heavy atom. The molecular formula is C22H22F2N4O2. The zero-order chi connectivity index (χ0) is 21.1. The zero-order valence-corrected chi connectivity index (χ0v) is 16.2. The Bertz CT molecular complexity index is 964. The highest BCUT2D eigenvalue weighted by Crippen LogP contribution is 2.30. The molecule has 0 saturated carbocycles. The summed E-state index contributed by atoms with van der Waals surface area (Å²) in [6.07, 6.45) is 4.13. The van der Waals surface area contributed by atoms with Gasteiger partial charge in [-0.1, -0.05) is 24.3 Å². The maximum Gasteiger partial charge on any atom is 0.250 e. The molecule has 2 aliphatic heterocycles. The number of hydrazine groups is 1. The van der Waals surface area contributed by atoms with Crippen LogP contribution in [0.25, 0.3) is 0 Å². The lowest BCUT2D eigenvalue weighted by molar-refractivity contribution is -0.134. The molecule has 4 rings (SSSR count). The second-order valence-corrected chi connectivity index (χ2v) is 7.38. The number of fused-ring (bicyclic) bond motifs is 1. The van der Waals surface area contributed by atoms with Gasteiger partial charge in [0.15, 0.2) is 0 Å². The molecule has 1 saturated heterocycles. The third-order valence-electron chi connectivity index (χ3n) is 5.31. The number of benzene rings is 2. The predicted molar refractivity (Wildman–Crippen MR) is 106 cm³/mol. The van der Waals surface area contributed by atoms with E-state index < -0.39 is 0 Å². The number of hydrogen-bond donors (Lipinski definition) is 2. The monoisotopic (exact) mass is 412 g/mol. The fraction of sp³-hybridized carbons (Fsp3) is 0.273. The van der Waals surface area contributed by atoms with Crippen molar-refractivity contribution in [1.29, 1.82) is 0 Å². The lowest BCUT2D eigenvalue weighted by Gasteiger charge is -2.31. The van der Waals surface area contributed by atoms with Crippen LogP contribution < -0.4 is 10.7 Å². The first-order valence-electron chi connectivity index (χ1n) is 9.79. The van der Waals surface area contributed by atoms with E-state index in [1.54, 1.807) is 41.7 Å². The van der Waals surface area contributed by atoms with Gasteiger partial charge >= 0.3 is 0 Å². The number of hydrogen-bond acceptors (Lipinski definition) is 4. The summed E-state index contributed by atoms with van der Waals surface area (Å²) in [6, 6.07) is 11.8. The predicted octanol–water partition coefficient (Wildman–Crippen LogP) is 2.60. The number of nitrogens with zero attached hydrogens (tertiary/aromatic N) is 2. The average molecular weight is 412 g/mol. The van der Waals surface area contributed by atoms with E-state index in [4.69, 9.17) is 0 Å². The number of nitrogens with one attached hydrogen (secondary N) is 2. The molecule has 2 aliphatic rings. The summed E-state index contributed by atoms with van der Waals surface area (Å²) < 4.78 is 26.3. The fourth-order valence-corrected chi connectivity index (χ4v) is 3.69. The second-order valence-electron chi connectivity index (χ2n) is 7.38. The third kappa shape index (κ3) is 4.49. The molecule has 2 aromatic carbocycles. The average Bonchev–Trinajstić information content (AvgIpc) is 3.17. The maximum absolute atomic E-state index is 13.2. The highest BCUT2D eigenvalue weighted by Gasteiger charge is 2.39. The van der Waals surface area contributed by atoms with E-state index in [0.29, 0.717) is 12.0 Å². The standard InChI is InChI=1S/C22H22F2N4O2/c23-17-6-4-16(5-7-17)19-13-20-22(30)27(10-11-28(20)26-19)9-8-21(29)25-14-15-2-1-3-18(24)12-15/h1-7,10-12,19-20,26H,8-9,13-14H2,(H,25,29). The van der Waals surface area contributed by atoms with Crippen LogP contribution in [0.15, 0.2) is 60.9 Å². The minimum absolute atomic E-state index is 0.0845. The summed E-state index contributed by atoms with van der Waals surface area (Å²) in [6.45, 7) is 0.496. The van der Waals surface area contributed by atoms with Crippen LogP contribution in [0, 0.1) is 11.6 Å². The van der Waals surface area contributed by atoms with Gasteiger partial charge in [-0.3, -0.25) is 9.59 Å². The van der Waals surface area contributed by atoms with Gasteiger partial charge in [-0.15, -0.1) is 0 Å². The van der Waals surface area contributed by atoms with Gasteiger partial charge in [0.2, 0.25) is 5.91 Å². The fourth-order valence-electron chi connectivity index (χ4n) is 3.69. The van der Waals surface area contributed by atoms with Crippen LogP contribution in [0.2, 0.25) is 0 Å². The molecule has 0 radical (unpaired) electrons. The first-order valence-corrected chi connectivity index (χ1v) is 9.79. The molecule has 156 valence electrons. The van der Waals surface area contributed by atoms with Crippen molar-refractivity contribution in [2.45, 2.75) is 31.5 Å². The zero-order valence-electron chi connectivity index (χ0n) is 16.2. The summed E-state index contributed by atoms with van der Waals surface area (Å²) in [5.41, 5.74) is 4.84. The molecule has 0 spiro atoms. The highest BCUT2D eigenvalue weighted by molar-refractivity contribution is 5.85. The lowest BCUT2D eigenvalue weighted by Crippen LogP contribution is -2.48. The summed E-state index contributed by atoms with van der Waals surface area (Å²) >= 11 is 0. The van der Waals surface area contributed by atoms with Gasteiger partial charge < -0.3 is 15.2 Å². The van der Waals surface area contributed by atoms with Crippen molar-refractivity contribution < 1.29 is 18.4 Å². The number of rotatable bonds is 6. The Kier molecular flexibility index (Phi) is 5.76. The molecule has 30 heavy (non-hydrogen) atoms. The molecule has 2 N–H and O–H groups in total. The smallest absolute Gasteiger partial charge is 0.250 e. The lowest BCUT2D eigenvalue weighted by atomic mass is 10.0. The van der Waals surface area contributed by atoms with Crippen LogP contribution in [0.3, 0.4) is 0 Å². The summed E-state index contributed by atoms with van der Waals surface area (Å²) in [5, 5.41) is 4.50. The summed E-state index contributed by atoms with van der Waals surface area (Å²) in [5.74, 6) is -0.948. The van der Waals surface area contributed by atoms with Crippen molar-refractivity contribution >= 4 is 11.8 Å². The minimum atomic E-state index is -0.375. The van der Waals surface area contributed by atoms with Crippen molar-refractivity contribution in [2.24, 2.45) is 0 Å². The quantitative estimate of drug-likeness (QED) is 0.766. The van der Waals surface area contributed by atoms with E-state index in [1.165, 1.54) is 29.2 Å². The van der Waals surface area contributed by atoms with Gasteiger partial charge in [0.05, 0.1) is 6.04 Å². The summed E-state index contributed by atoms with van der Waals surface area (Å²) in [7, 11) is 0. The van der Waals surface area contributed by atoms with Crippen LogP contribution in [0.1, 0.15) is 30.0 Å². The first kappa shape index (κ1) is 20.0. The normalized spacial score (nSPS) is 20.4. The Morgan fingerprint density at radius 3 is 2.67 bits per heavy atom. The first-order chi connectivity index (χ1) is 14.5. The molecule has 8 heteroatoms. The number of amides is 2. The number of carbonyl (C=O) groups is 2. The Hall–Kier alpha value is -3.26. The number of halogens is 2. The van der Waals surface area contributed by atoms with Gasteiger partial charge in [-0.25, -0.2) is 14.2 Å². The van der Waals surface area contributed by atoms with E-state index in [1.807, 2.05) is 0 Å². The van der Waals surface area contributed by atoms with Crippen molar-refractivity contribution in [2.75, 3.05) is 6.54 Å². The molecule has 1 fully saturated rings.